The first-order chi connectivity index (χ1) is 9.78. The number of aromatic nitrogens is 1. The zero-order valence-electron chi connectivity index (χ0n) is 13.1. The fraction of sp³-hybridized carbons (Fsp3) is 0.500. The number of fused-ring (bicyclic) bond motifs is 1. The van der Waals surface area contributed by atoms with E-state index in [9.17, 15) is 4.79 Å². The quantitative estimate of drug-likeness (QED) is 0.906. The maximum Gasteiger partial charge on any atom is 0.228 e. The van der Waals surface area contributed by atoms with E-state index in [0.717, 1.165) is 23.4 Å². The molecule has 1 amide bonds. The molecule has 0 radical (unpaired) electrons. The highest BCUT2D eigenvalue weighted by Gasteiger charge is 2.17. The molecule has 3 N–H and O–H groups in total. The number of carbonyl (C=O) groups excluding carboxylic acids is 1. The van der Waals surface area contributed by atoms with Crippen LogP contribution in [-0.4, -0.2) is 17.4 Å². The molecule has 0 saturated heterocycles. The molecule has 0 bridgehead atoms. The molecular weight excluding hydrogens is 266 g/mol. The molecule has 0 aliphatic carbocycles. The van der Waals surface area contributed by atoms with Gasteiger partial charge in [-0.05, 0) is 23.6 Å². The first kappa shape index (κ1) is 15.5. The summed E-state index contributed by atoms with van der Waals surface area (Å²) in [4.78, 5) is 16.3. The Morgan fingerprint density at radius 1 is 1.43 bits per heavy atom. The van der Waals surface area contributed by atoms with E-state index in [1.54, 1.807) is 6.92 Å². The van der Waals surface area contributed by atoms with Gasteiger partial charge in [0.1, 0.15) is 5.52 Å². The van der Waals surface area contributed by atoms with Crippen LogP contribution in [0.4, 0.5) is 5.69 Å². The van der Waals surface area contributed by atoms with Crippen molar-refractivity contribution < 1.29 is 9.21 Å². The number of nitrogens with two attached hydrogens (primary N) is 1. The van der Waals surface area contributed by atoms with Gasteiger partial charge in [0.05, 0.1) is 0 Å². The van der Waals surface area contributed by atoms with Crippen LogP contribution in [-0.2, 0) is 11.2 Å². The van der Waals surface area contributed by atoms with Crippen molar-refractivity contribution in [3.8, 4) is 0 Å². The molecule has 1 unspecified atom stereocenters. The van der Waals surface area contributed by atoms with E-state index in [4.69, 9.17) is 10.2 Å². The van der Waals surface area contributed by atoms with Gasteiger partial charge in [-0.15, -0.1) is 0 Å². The molecule has 1 aromatic carbocycles. The molecule has 0 saturated carbocycles. The summed E-state index contributed by atoms with van der Waals surface area (Å²) < 4.78 is 5.73. The van der Waals surface area contributed by atoms with Crippen LogP contribution < -0.4 is 11.1 Å². The Labute approximate surface area is 124 Å². The van der Waals surface area contributed by atoms with Crippen LogP contribution in [0.15, 0.2) is 22.6 Å². The summed E-state index contributed by atoms with van der Waals surface area (Å²) in [5.41, 5.74) is 7.81. The van der Waals surface area contributed by atoms with Crippen LogP contribution in [0.5, 0.6) is 0 Å². The van der Waals surface area contributed by atoms with E-state index in [2.05, 4.69) is 31.1 Å². The van der Waals surface area contributed by atoms with Gasteiger partial charge in [0.2, 0.25) is 5.91 Å². The minimum absolute atomic E-state index is 0.0877. The van der Waals surface area contributed by atoms with E-state index < -0.39 is 0 Å². The van der Waals surface area contributed by atoms with Crippen molar-refractivity contribution in [3.63, 3.8) is 0 Å². The highest BCUT2D eigenvalue weighted by molar-refractivity contribution is 5.94. The van der Waals surface area contributed by atoms with Crippen molar-refractivity contribution in [1.29, 1.82) is 0 Å². The molecule has 0 spiro atoms. The number of nitrogens with zero attached hydrogens (tertiary/aromatic N) is 1. The average molecular weight is 289 g/mol. The first-order valence-electron chi connectivity index (χ1n) is 7.19. The number of rotatable bonds is 4. The van der Waals surface area contributed by atoms with Crippen LogP contribution >= 0.6 is 0 Å². The Hall–Kier alpha value is -1.88. The summed E-state index contributed by atoms with van der Waals surface area (Å²) >= 11 is 0. The normalized spacial score (nSPS) is 13.4. The van der Waals surface area contributed by atoms with Gasteiger partial charge >= 0.3 is 0 Å². The van der Waals surface area contributed by atoms with Gasteiger partial charge in [0, 0.05) is 24.6 Å². The molecule has 0 aliphatic heterocycles. The maximum atomic E-state index is 11.8. The molecule has 114 valence electrons. The van der Waals surface area contributed by atoms with Crippen molar-refractivity contribution in [3.05, 3.63) is 24.1 Å². The molecule has 1 atom stereocenters. The third kappa shape index (κ3) is 4.04. The van der Waals surface area contributed by atoms with Gasteiger partial charge in [-0.2, -0.15) is 0 Å². The van der Waals surface area contributed by atoms with Gasteiger partial charge in [0.15, 0.2) is 11.5 Å². The summed E-state index contributed by atoms with van der Waals surface area (Å²) in [5.74, 6) is 0.418. The largest absolute Gasteiger partial charge is 0.441 e. The number of hydrogen-bond donors (Lipinski definition) is 2. The van der Waals surface area contributed by atoms with Crippen LogP contribution in [0, 0.1) is 11.3 Å². The average Bonchev–Trinajstić information content (AvgIpc) is 2.76. The molecule has 5 nitrogen and oxygen atoms in total. The Bertz CT molecular complexity index is 640. The van der Waals surface area contributed by atoms with Crippen molar-refractivity contribution in [2.45, 2.75) is 34.1 Å². The highest BCUT2D eigenvalue weighted by Crippen LogP contribution is 2.25. The molecule has 2 aromatic rings. The van der Waals surface area contributed by atoms with Crippen molar-refractivity contribution in [2.24, 2.45) is 17.1 Å². The summed E-state index contributed by atoms with van der Waals surface area (Å²) in [6.45, 7) is 8.55. The van der Waals surface area contributed by atoms with E-state index in [-0.39, 0.29) is 17.2 Å². The topological polar surface area (TPSA) is 81.2 Å². The molecule has 2 rings (SSSR count). The number of oxazole rings is 1. The summed E-state index contributed by atoms with van der Waals surface area (Å²) in [7, 11) is 0. The minimum Gasteiger partial charge on any atom is -0.441 e. The van der Waals surface area contributed by atoms with Gasteiger partial charge in [-0.3, -0.25) is 4.79 Å². The SMILES string of the molecule is CC(CN)C(=O)Nc1ccc2oc(CC(C)(C)C)nc2c1. The van der Waals surface area contributed by atoms with Crippen LogP contribution in [0.3, 0.4) is 0 Å². The molecule has 0 aliphatic rings. The lowest BCUT2D eigenvalue weighted by Crippen LogP contribution is -2.26. The molecular formula is C16H23N3O2. The van der Waals surface area contributed by atoms with Crippen molar-refractivity contribution >= 4 is 22.7 Å². The Morgan fingerprint density at radius 2 is 2.14 bits per heavy atom. The second-order valence-corrected chi connectivity index (χ2v) is 6.65. The predicted molar refractivity (Wildman–Crippen MR) is 84.0 cm³/mol. The van der Waals surface area contributed by atoms with E-state index >= 15 is 0 Å². The molecule has 21 heavy (non-hydrogen) atoms. The van der Waals surface area contributed by atoms with E-state index in [1.165, 1.54) is 0 Å². The van der Waals surface area contributed by atoms with Crippen molar-refractivity contribution in [1.82, 2.24) is 4.98 Å². The van der Waals surface area contributed by atoms with Gasteiger partial charge in [-0.1, -0.05) is 27.7 Å². The van der Waals surface area contributed by atoms with Crippen LogP contribution in [0.25, 0.3) is 11.1 Å². The zero-order valence-corrected chi connectivity index (χ0v) is 13.1. The monoisotopic (exact) mass is 289 g/mol. The summed E-state index contributed by atoms with van der Waals surface area (Å²) in [6.07, 6.45) is 0.771. The second-order valence-electron chi connectivity index (χ2n) is 6.65. The number of hydrogen-bond acceptors (Lipinski definition) is 4. The molecule has 1 heterocycles. The van der Waals surface area contributed by atoms with Gasteiger partial charge < -0.3 is 15.5 Å². The Morgan fingerprint density at radius 3 is 2.76 bits per heavy atom. The Balaban J connectivity index is 2.20. The smallest absolute Gasteiger partial charge is 0.228 e. The lowest BCUT2D eigenvalue weighted by molar-refractivity contribution is -0.119. The predicted octanol–water partition coefficient (Wildman–Crippen LogP) is 2.95. The number of amides is 1. The fourth-order valence-corrected chi connectivity index (χ4v) is 1.95. The third-order valence-corrected chi connectivity index (χ3v) is 3.18. The van der Waals surface area contributed by atoms with Crippen LogP contribution in [0.1, 0.15) is 33.6 Å². The van der Waals surface area contributed by atoms with E-state index in [1.807, 2.05) is 18.2 Å². The highest BCUT2D eigenvalue weighted by atomic mass is 16.3. The summed E-state index contributed by atoms with van der Waals surface area (Å²) in [5, 5.41) is 2.84. The second kappa shape index (κ2) is 5.85. The number of carbonyl (C=O) groups is 1. The third-order valence-electron chi connectivity index (χ3n) is 3.18. The number of benzene rings is 1. The standard InChI is InChI=1S/C16H23N3O2/c1-10(9-17)15(20)18-11-5-6-13-12(7-11)19-14(21-13)8-16(2,3)4/h5-7,10H,8-9,17H2,1-4H3,(H,18,20). The molecule has 1 aromatic heterocycles. The summed E-state index contributed by atoms with van der Waals surface area (Å²) in [6, 6.07) is 5.47. The van der Waals surface area contributed by atoms with Gasteiger partial charge in [-0.25, -0.2) is 4.98 Å². The maximum absolute atomic E-state index is 11.8. The minimum atomic E-state index is -0.213. The lowest BCUT2D eigenvalue weighted by atomic mass is 9.92. The fourth-order valence-electron chi connectivity index (χ4n) is 1.95. The number of anilines is 1. The van der Waals surface area contributed by atoms with Crippen LogP contribution in [0.2, 0.25) is 0 Å². The van der Waals surface area contributed by atoms with E-state index in [0.29, 0.717) is 12.2 Å². The zero-order chi connectivity index (χ0) is 15.6. The van der Waals surface area contributed by atoms with Crippen molar-refractivity contribution in [2.75, 3.05) is 11.9 Å². The molecule has 5 heteroatoms. The van der Waals surface area contributed by atoms with Gasteiger partial charge in [0.25, 0.3) is 0 Å². The molecule has 0 fully saturated rings. The lowest BCUT2D eigenvalue weighted by Gasteiger charge is -2.14. The Kier molecular flexibility index (Phi) is 4.32. The first-order valence-corrected chi connectivity index (χ1v) is 7.19. The number of nitrogens with one attached hydrogen (secondary N) is 1.